The van der Waals surface area contributed by atoms with Crippen molar-refractivity contribution in [1.29, 1.82) is 0 Å². The fraction of sp³-hybridized carbons (Fsp3) is 0. The monoisotopic (exact) mass is 224 g/mol. The van der Waals surface area contributed by atoms with Crippen LogP contribution in [-0.4, -0.2) is 4.51 Å². The van der Waals surface area contributed by atoms with Crippen LogP contribution in [0.3, 0.4) is 0 Å². The molecule has 0 amide bonds. The Labute approximate surface area is 84.0 Å². The van der Waals surface area contributed by atoms with E-state index in [1.54, 1.807) is 0 Å². The largest absolute Gasteiger partial charge is 0.431 e. The Morgan fingerprint density at radius 3 is 2.67 bits per heavy atom. The molecule has 0 saturated carbocycles. The Bertz CT molecular complexity index is 296. The molecule has 1 rings (SSSR count). The Kier molecular flexibility index (Phi) is 3.26. The van der Waals surface area contributed by atoms with E-state index in [0.29, 0.717) is 0 Å². The van der Waals surface area contributed by atoms with Crippen molar-refractivity contribution < 1.29 is 9.13 Å². The van der Waals surface area contributed by atoms with Crippen molar-refractivity contribution in [1.82, 2.24) is 0 Å². The summed E-state index contributed by atoms with van der Waals surface area (Å²) in [7, 11) is 0. The summed E-state index contributed by atoms with van der Waals surface area (Å²) in [5.74, 6) is -0.732. The van der Waals surface area contributed by atoms with E-state index in [-0.39, 0.29) is 15.3 Å². The minimum atomic E-state index is -0.592. The van der Waals surface area contributed by atoms with E-state index < -0.39 is 5.82 Å². The van der Waals surface area contributed by atoms with Crippen LogP contribution >= 0.6 is 35.4 Å². The number of hydrogen-bond donors (Lipinski definition) is 0. The lowest BCUT2D eigenvalue weighted by molar-refractivity contribution is 0.507. The maximum Gasteiger partial charge on any atom is 0.261 e. The second-order valence-corrected chi connectivity index (χ2v) is 3.24. The highest BCUT2D eigenvalue weighted by Crippen LogP contribution is 2.27. The van der Waals surface area contributed by atoms with Crippen molar-refractivity contribution in [3.8, 4) is 5.75 Å². The first kappa shape index (κ1) is 9.71. The summed E-state index contributed by atoms with van der Waals surface area (Å²) in [5.41, 5.74) is 0. The van der Waals surface area contributed by atoms with Gasteiger partial charge in [0.15, 0.2) is 11.6 Å². The van der Waals surface area contributed by atoms with E-state index in [0.717, 1.165) is 0 Å². The van der Waals surface area contributed by atoms with Crippen LogP contribution in [0.5, 0.6) is 5.75 Å². The lowest BCUT2D eigenvalue weighted by Crippen LogP contribution is -1.98. The average molecular weight is 225 g/mol. The van der Waals surface area contributed by atoms with Gasteiger partial charge in [-0.05, 0) is 36.0 Å². The van der Waals surface area contributed by atoms with E-state index in [1.807, 2.05) is 0 Å². The van der Waals surface area contributed by atoms with Crippen LogP contribution in [-0.2, 0) is 0 Å². The first-order valence-electron chi connectivity index (χ1n) is 2.92. The molecule has 1 nitrogen and oxygen atoms in total. The van der Waals surface area contributed by atoms with E-state index in [2.05, 4.69) is 17.0 Å². The summed E-state index contributed by atoms with van der Waals surface area (Å²) in [6.45, 7) is 0. The molecule has 0 unspecified atom stereocenters. The van der Waals surface area contributed by atoms with Gasteiger partial charge in [0.1, 0.15) is 0 Å². The highest BCUT2D eigenvalue weighted by Gasteiger charge is 2.08. The van der Waals surface area contributed by atoms with Crippen LogP contribution in [0.15, 0.2) is 18.2 Å². The van der Waals surface area contributed by atoms with Crippen molar-refractivity contribution in [3.05, 3.63) is 29.0 Å². The minimum absolute atomic E-state index is 0.137. The number of halogens is 3. The molecule has 12 heavy (non-hydrogen) atoms. The predicted octanol–water partition coefficient (Wildman–Crippen LogP) is 3.38. The van der Waals surface area contributed by atoms with Crippen LogP contribution in [0.2, 0.25) is 5.02 Å². The molecule has 0 spiro atoms. The van der Waals surface area contributed by atoms with Gasteiger partial charge >= 0.3 is 0 Å². The lowest BCUT2D eigenvalue weighted by atomic mass is 10.3. The molecule has 0 atom stereocenters. The first-order chi connectivity index (χ1) is 5.61. The zero-order valence-electron chi connectivity index (χ0n) is 5.68. The van der Waals surface area contributed by atoms with E-state index in [9.17, 15) is 4.39 Å². The van der Waals surface area contributed by atoms with Gasteiger partial charge in [0.2, 0.25) is 0 Å². The van der Waals surface area contributed by atoms with E-state index in [1.165, 1.54) is 18.2 Å². The van der Waals surface area contributed by atoms with Gasteiger partial charge in [0, 0.05) is 0 Å². The van der Waals surface area contributed by atoms with Gasteiger partial charge in [-0.15, -0.1) is 0 Å². The van der Waals surface area contributed by atoms with Crippen molar-refractivity contribution in [2.75, 3.05) is 0 Å². The third-order valence-electron chi connectivity index (χ3n) is 1.10. The van der Waals surface area contributed by atoms with Crippen molar-refractivity contribution >= 4 is 39.9 Å². The Morgan fingerprint density at radius 1 is 1.50 bits per heavy atom. The second-order valence-electron chi connectivity index (χ2n) is 1.89. The van der Waals surface area contributed by atoms with Crippen LogP contribution in [0.25, 0.3) is 0 Å². The summed E-state index contributed by atoms with van der Waals surface area (Å²) < 4.78 is 17.3. The Balaban J connectivity index is 3.04. The molecule has 1 aromatic carbocycles. The van der Waals surface area contributed by atoms with Gasteiger partial charge in [-0.1, -0.05) is 17.7 Å². The summed E-state index contributed by atoms with van der Waals surface area (Å²) in [6, 6.07) is 4.15. The number of ether oxygens (including phenoxy) is 1. The average Bonchev–Trinajstić information content (AvgIpc) is 1.97. The first-order valence-corrected chi connectivity index (χ1v) is 4.09. The molecular weight excluding hydrogens is 222 g/mol. The molecule has 0 aliphatic rings. The number of hydrogen-bond acceptors (Lipinski definition) is 2. The maximum atomic E-state index is 12.9. The molecule has 0 aliphatic heterocycles. The molecule has 0 aromatic heterocycles. The third-order valence-corrected chi connectivity index (χ3v) is 1.56. The number of para-hydroxylation sites is 1. The molecule has 1 aromatic rings. The van der Waals surface area contributed by atoms with Gasteiger partial charge in [0.25, 0.3) is 4.51 Å². The quantitative estimate of drug-likeness (QED) is 0.535. The van der Waals surface area contributed by atoms with Crippen LogP contribution in [0.1, 0.15) is 0 Å². The molecule has 0 aliphatic carbocycles. The molecule has 0 heterocycles. The molecule has 0 fully saturated rings. The lowest BCUT2D eigenvalue weighted by Gasteiger charge is -2.03. The van der Waals surface area contributed by atoms with E-state index in [4.69, 9.17) is 23.2 Å². The summed E-state index contributed by atoms with van der Waals surface area (Å²) in [6.07, 6.45) is 0. The minimum Gasteiger partial charge on any atom is -0.431 e. The second kappa shape index (κ2) is 4.03. The molecule has 5 heteroatoms. The molecule has 0 radical (unpaired) electrons. The topological polar surface area (TPSA) is 9.23 Å². The van der Waals surface area contributed by atoms with Crippen LogP contribution in [0, 0.1) is 5.82 Å². The van der Waals surface area contributed by atoms with Gasteiger partial charge < -0.3 is 4.74 Å². The number of benzene rings is 1. The highest BCUT2D eigenvalue weighted by molar-refractivity contribution is 7.82. The van der Waals surface area contributed by atoms with Crippen LogP contribution in [0.4, 0.5) is 4.39 Å². The Hall–Kier alpha value is -0.380. The summed E-state index contributed by atoms with van der Waals surface area (Å²) in [5, 5.41) is 0.137. The fourth-order valence-electron chi connectivity index (χ4n) is 0.660. The molecular formula is C7H3Cl2FOS. The Morgan fingerprint density at radius 2 is 2.17 bits per heavy atom. The molecule has 0 N–H and O–H groups in total. The van der Waals surface area contributed by atoms with Gasteiger partial charge in [-0.25, -0.2) is 4.39 Å². The summed E-state index contributed by atoms with van der Waals surface area (Å²) >= 11 is 15.2. The van der Waals surface area contributed by atoms with Gasteiger partial charge in [-0.3, -0.25) is 0 Å². The third kappa shape index (κ3) is 2.30. The van der Waals surface area contributed by atoms with Crippen LogP contribution < -0.4 is 4.74 Å². The van der Waals surface area contributed by atoms with E-state index >= 15 is 0 Å². The van der Waals surface area contributed by atoms with Gasteiger partial charge in [0.05, 0.1) is 5.02 Å². The van der Waals surface area contributed by atoms with Gasteiger partial charge in [-0.2, -0.15) is 0 Å². The fourth-order valence-corrected chi connectivity index (χ4v) is 1.02. The highest BCUT2D eigenvalue weighted by atomic mass is 35.5. The smallest absolute Gasteiger partial charge is 0.261 e. The molecule has 0 bridgehead atoms. The van der Waals surface area contributed by atoms with Crippen molar-refractivity contribution in [2.45, 2.75) is 0 Å². The zero-order valence-corrected chi connectivity index (χ0v) is 8.01. The number of thiocarbonyl (C=S) groups is 1. The predicted molar refractivity (Wildman–Crippen MR) is 50.5 cm³/mol. The maximum absolute atomic E-state index is 12.9. The summed E-state index contributed by atoms with van der Waals surface area (Å²) in [4.78, 5) is 0. The zero-order chi connectivity index (χ0) is 9.14. The molecule has 0 saturated heterocycles. The standard InChI is InChI=1S/C7H3Cl2FOS/c8-4-2-1-3-5(10)6(4)11-7(9)12/h1-3H. The SMILES string of the molecule is Fc1cccc(Cl)c1OC(=S)Cl. The van der Waals surface area contributed by atoms with Crippen molar-refractivity contribution in [2.24, 2.45) is 0 Å². The van der Waals surface area contributed by atoms with Crippen molar-refractivity contribution in [3.63, 3.8) is 0 Å². The normalized spacial score (nSPS) is 9.58. The number of rotatable bonds is 1. The molecule has 64 valence electrons.